The van der Waals surface area contributed by atoms with Crippen molar-refractivity contribution in [2.75, 3.05) is 25.0 Å². The average Bonchev–Trinajstić information content (AvgIpc) is 2.38. The predicted molar refractivity (Wildman–Crippen MR) is 84.0 cm³/mol. The Balaban J connectivity index is 2.07. The molecule has 1 aliphatic rings. The fraction of sp³-hybridized carbons (Fsp3) is 0.647. The van der Waals surface area contributed by atoms with E-state index in [2.05, 4.69) is 69.2 Å². The molecular weight excluding hydrogens is 232 g/mol. The molecule has 1 heterocycles. The summed E-state index contributed by atoms with van der Waals surface area (Å²) in [7, 11) is 2.08. The number of nitrogens with one attached hydrogen (secondary N) is 1. The van der Waals surface area contributed by atoms with E-state index >= 15 is 0 Å². The summed E-state index contributed by atoms with van der Waals surface area (Å²) in [5.41, 5.74) is 3.02. The Kier molecular flexibility index (Phi) is 4.19. The average molecular weight is 260 g/mol. The van der Waals surface area contributed by atoms with Gasteiger partial charge in [-0.25, -0.2) is 0 Å². The van der Waals surface area contributed by atoms with Crippen molar-refractivity contribution in [1.29, 1.82) is 0 Å². The molecule has 0 aliphatic carbocycles. The molecule has 0 radical (unpaired) electrons. The summed E-state index contributed by atoms with van der Waals surface area (Å²) in [6, 6.07) is 9.80. The van der Waals surface area contributed by atoms with Crippen LogP contribution in [0, 0.1) is 5.92 Å². The van der Waals surface area contributed by atoms with Crippen molar-refractivity contribution in [2.24, 2.45) is 5.92 Å². The Hall–Kier alpha value is -1.02. The number of anilines is 1. The first kappa shape index (κ1) is 14.4. The smallest absolute Gasteiger partial charge is 0.0366 e. The van der Waals surface area contributed by atoms with Crippen molar-refractivity contribution in [3.63, 3.8) is 0 Å². The van der Waals surface area contributed by atoms with Gasteiger partial charge in [0, 0.05) is 24.8 Å². The van der Waals surface area contributed by atoms with E-state index < -0.39 is 0 Å². The van der Waals surface area contributed by atoms with Crippen LogP contribution in [-0.4, -0.2) is 26.2 Å². The molecular formula is C17H28N2. The first-order valence-electron chi connectivity index (χ1n) is 7.44. The van der Waals surface area contributed by atoms with E-state index in [0.29, 0.717) is 12.0 Å². The van der Waals surface area contributed by atoms with Crippen LogP contribution in [0.4, 0.5) is 5.69 Å². The van der Waals surface area contributed by atoms with Gasteiger partial charge in [0.1, 0.15) is 0 Å². The van der Waals surface area contributed by atoms with Crippen molar-refractivity contribution in [2.45, 2.75) is 45.6 Å². The molecule has 1 saturated heterocycles. The molecule has 2 nitrogen and oxygen atoms in total. The first-order valence-corrected chi connectivity index (χ1v) is 7.44. The highest BCUT2D eigenvalue weighted by Crippen LogP contribution is 2.27. The largest absolute Gasteiger partial charge is 0.371 e. The van der Waals surface area contributed by atoms with Crippen LogP contribution >= 0.6 is 0 Å². The standard InChI is InChI=1S/C17H28N2/c1-13-12-19(11-10-16(13)18-5)15-8-6-14(7-9-15)17(2,3)4/h6-9,13,16,18H,10-12H2,1-5H3. The number of rotatable bonds is 2. The summed E-state index contributed by atoms with van der Waals surface area (Å²) in [6.07, 6.45) is 1.23. The van der Waals surface area contributed by atoms with E-state index in [-0.39, 0.29) is 5.41 Å². The number of nitrogens with zero attached hydrogens (tertiary/aromatic N) is 1. The van der Waals surface area contributed by atoms with Crippen LogP contribution in [0.15, 0.2) is 24.3 Å². The van der Waals surface area contributed by atoms with Crippen molar-refractivity contribution < 1.29 is 0 Å². The van der Waals surface area contributed by atoms with Crippen LogP contribution in [0.25, 0.3) is 0 Å². The Bertz CT molecular complexity index is 402. The Morgan fingerprint density at radius 2 is 1.79 bits per heavy atom. The number of benzene rings is 1. The molecule has 2 rings (SSSR count). The first-order chi connectivity index (χ1) is 8.91. The van der Waals surface area contributed by atoms with Crippen molar-refractivity contribution in [1.82, 2.24) is 5.32 Å². The normalized spacial score (nSPS) is 24.6. The lowest BCUT2D eigenvalue weighted by Crippen LogP contribution is -2.47. The van der Waals surface area contributed by atoms with E-state index in [0.717, 1.165) is 13.1 Å². The molecule has 1 aromatic rings. The zero-order chi connectivity index (χ0) is 14.0. The second kappa shape index (κ2) is 5.54. The summed E-state index contributed by atoms with van der Waals surface area (Å²) in [5.74, 6) is 0.709. The second-order valence-electron chi connectivity index (χ2n) is 6.90. The summed E-state index contributed by atoms with van der Waals surface area (Å²) in [4.78, 5) is 2.52. The molecule has 1 aromatic carbocycles. The maximum Gasteiger partial charge on any atom is 0.0366 e. The minimum Gasteiger partial charge on any atom is -0.371 e. The van der Waals surface area contributed by atoms with Gasteiger partial charge < -0.3 is 10.2 Å². The minimum atomic E-state index is 0.241. The van der Waals surface area contributed by atoms with E-state index in [9.17, 15) is 0 Å². The van der Waals surface area contributed by atoms with Gasteiger partial charge in [0.05, 0.1) is 0 Å². The lowest BCUT2D eigenvalue weighted by atomic mass is 9.87. The predicted octanol–water partition coefficient (Wildman–Crippen LogP) is 3.42. The highest BCUT2D eigenvalue weighted by Gasteiger charge is 2.25. The molecule has 1 N–H and O–H groups in total. The molecule has 19 heavy (non-hydrogen) atoms. The summed E-state index contributed by atoms with van der Waals surface area (Å²) in [5, 5.41) is 3.43. The molecule has 0 amide bonds. The molecule has 1 fully saturated rings. The second-order valence-corrected chi connectivity index (χ2v) is 6.90. The van der Waals surface area contributed by atoms with Crippen LogP contribution < -0.4 is 10.2 Å². The highest BCUT2D eigenvalue weighted by atomic mass is 15.2. The van der Waals surface area contributed by atoms with Crippen molar-refractivity contribution in [3.05, 3.63) is 29.8 Å². The fourth-order valence-electron chi connectivity index (χ4n) is 2.98. The van der Waals surface area contributed by atoms with Crippen molar-refractivity contribution in [3.8, 4) is 0 Å². The molecule has 0 spiro atoms. The van der Waals surface area contributed by atoms with Gasteiger partial charge in [-0.2, -0.15) is 0 Å². The lowest BCUT2D eigenvalue weighted by Gasteiger charge is -2.38. The Labute approximate surface area is 118 Å². The number of hydrogen-bond donors (Lipinski definition) is 1. The van der Waals surface area contributed by atoms with E-state index in [1.54, 1.807) is 0 Å². The minimum absolute atomic E-state index is 0.241. The van der Waals surface area contributed by atoms with E-state index in [1.807, 2.05) is 0 Å². The maximum absolute atomic E-state index is 3.43. The van der Waals surface area contributed by atoms with Crippen LogP contribution in [0.2, 0.25) is 0 Å². The van der Waals surface area contributed by atoms with Gasteiger partial charge in [-0.05, 0) is 42.5 Å². The Morgan fingerprint density at radius 3 is 2.26 bits per heavy atom. The molecule has 2 heteroatoms. The summed E-state index contributed by atoms with van der Waals surface area (Å²) in [6.45, 7) is 11.5. The monoisotopic (exact) mass is 260 g/mol. The van der Waals surface area contributed by atoms with Crippen LogP contribution in [0.1, 0.15) is 39.7 Å². The topological polar surface area (TPSA) is 15.3 Å². The van der Waals surface area contributed by atoms with E-state index in [4.69, 9.17) is 0 Å². The SMILES string of the molecule is CNC1CCN(c2ccc(C(C)(C)C)cc2)CC1C. The fourth-order valence-corrected chi connectivity index (χ4v) is 2.98. The van der Waals surface area contributed by atoms with Gasteiger partial charge in [-0.15, -0.1) is 0 Å². The molecule has 2 unspecified atom stereocenters. The molecule has 1 aliphatic heterocycles. The highest BCUT2D eigenvalue weighted by molar-refractivity contribution is 5.49. The van der Waals surface area contributed by atoms with Crippen LogP contribution in [0.5, 0.6) is 0 Å². The maximum atomic E-state index is 3.43. The third-order valence-corrected chi connectivity index (χ3v) is 4.37. The van der Waals surface area contributed by atoms with Gasteiger partial charge in [0.2, 0.25) is 0 Å². The van der Waals surface area contributed by atoms with Gasteiger partial charge in [-0.3, -0.25) is 0 Å². The zero-order valence-electron chi connectivity index (χ0n) is 13.0. The van der Waals surface area contributed by atoms with Gasteiger partial charge >= 0.3 is 0 Å². The molecule has 0 bridgehead atoms. The quantitative estimate of drug-likeness (QED) is 0.876. The van der Waals surface area contributed by atoms with Gasteiger partial charge in [0.25, 0.3) is 0 Å². The molecule has 0 aromatic heterocycles. The number of hydrogen-bond acceptors (Lipinski definition) is 2. The molecule has 2 atom stereocenters. The third kappa shape index (κ3) is 3.30. The van der Waals surface area contributed by atoms with Crippen molar-refractivity contribution >= 4 is 5.69 Å². The lowest BCUT2D eigenvalue weighted by molar-refractivity contribution is 0.339. The van der Waals surface area contributed by atoms with Gasteiger partial charge in [0.15, 0.2) is 0 Å². The molecule has 0 saturated carbocycles. The number of piperidine rings is 1. The van der Waals surface area contributed by atoms with Crippen LogP contribution in [-0.2, 0) is 5.41 Å². The van der Waals surface area contributed by atoms with Gasteiger partial charge in [-0.1, -0.05) is 39.8 Å². The summed E-state index contributed by atoms with van der Waals surface area (Å²) < 4.78 is 0. The van der Waals surface area contributed by atoms with E-state index in [1.165, 1.54) is 17.7 Å². The summed E-state index contributed by atoms with van der Waals surface area (Å²) >= 11 is 0. The third-order valence-electron chi connectivity index (χ3n) is 4.37. The Morgan fingerprint density at radius 1 is 1.16 bits per heavy atom. The zero-order valence-corrected chi connectivity index (χ0v) is 13.0. The van der Waals surface area contributed by atoms with Crippen LogP contribution in [0.3, 0.4) is 0 Å². The molecule has 106 valence electrons.